The first-order valence-corrected chi connectivity index (χ1v) is 14.8. The molecule has 6 rings (SSSR count). The molecule has 226 valence electrons. The first-order valence-electron chi connectivity index (χ1n) is 14.8. The van der Waals surface area contributed by atoms with Gasteiger partial charge in [-0.3, -0.25) is 9.69 Å². The van der Waals surface area contributed by atoms with Crippen LogP contribution in [-0.2, 0) is 9.53 Å². The second kappa shape index (κ2) is 13.2. The maximum absolute atomic E-state index is 14.8. The highest BCUT2D eigenvalue weighted by Crippen LogP contribution is 2.29. The first kappa shape index (κ1) is 29.3. The van der Waals surface area contributed by atoms with Crippen LogP contribution in [0, 0.1) is 22.7 Å². The molecule has 2 aromatic carbocycles. The Morgan fingerprint density at radius 1 is 1.07 bits per heavy atom. The highest BCUT2D eigenvalue weighted by atomic mass is 19.1. The van der Waals surface area contributed by atoms with E-state index in [1.807, 2.05) is 12.1 Å². The van der Waals surface area contributed by atoms with E-state index in [1.165, 1.54) is 10.6 Å². The molecule has 1 amide bonds. The van der Waals surface area contributed by atoms with Gasteiger partial charge < -0.3 is 24.6 Å². The first-order chi connectivity index (χ1) is 21.5. The molecule has 11 nitrogen and oxygen atoms in total. The lowest BCUT2D eigenvalue weighted by molar-refractivity contribution is -0.134. The zero-order valence-electron chi connectivity index (χ0n) is 24.2. The third-order valence-corrected chi connectivity index (χ3v) is 8.31. The molecule has 3 saturated heterocycles. The summed E-state index contributed by atoms with van der Waals surface area (Å²) in [5, 5.41) is 21.9. The number of nitriles is 2. The summed E-state index contributed by atoms with van der Waals surface area (Å²) in [5.41, 5.74) is 2.93. The van der Waals surface area contributed by atoms with Gasteiger partial charge in [-0.2, -0.15) is 10.5 Å². The van der Waals surface area contributed by atoms with Crippen LogP contribution in [-0.4, -0.2) is 96.5 Å². The number of carbonyl (C=O) groups excluding carboxylic acids is 1. The molecule has 1 N–H and O–H groups in total. The molecule has 2 atom stereocenters. The Balaban J connectivity index is 1.07. The smallest absolute Gasteiger partial charge is 0.236 e. The Kier molecular flexibility index (Phi) is 8.82. The van der Waals surface area contributed by atoms with Gasteiger partial charge in [-0.1, -0.05) is 0 Å². The molecule has 0 aliphatic carbocycles. The second-order valence-electron chi connectivity index (χ2n) is 11.1. The Morgan fingerprint density at radius 3 is 2.55 bits per heavy atom. The van der Waals surface area contributed by atoms with Gasteiger partial charge in [0.2, 0.25) is 5.91 Å². The standard InChI is InChI=1S/C32H33FN8O3/c33-27-19-41(31(42)7-10-34)12-9-29(27)44-28-6-1-22(17-23(28)18-35)32-36-11-8-30(38-32)37-24-2-4-25(5-3-24)39-13-15-40(16-14-39)26-20-43-21-26/h1-6,8,11,17,26-27,29H,7,9,12-16,19-21H2,(H,36,37,38)/t27-,29+/m1/s1. The lowest BCUT2D eigenvalue weighted by Gasteiger charge is -2.43. The fourth-order valence-electron chi connectivity index (χ4n) is 5.69. The molecule has 0 bridgehead atoms. The quantitative estimate of drug-likeness (QED) is 0.412. The van der Waals surface area contributed by atoms with Gasteiger partial charge in [-0.05, 0) is 48.5 Å². The summed E-state index contributed by atoms with van der Waals surface area (Å²) in [7, 11) is 0. The molecule has 4 heterocycles. The number of halogens is 1. The number of aromatic nitrogens is 2. The van der Waals surface area contributed by atoms with Gasteiger partial charge in [-0.25, -0.2) is 14.4 Å². The number of hydrogen-bond donors (Lipinski definition) is 1. The number of ether oxygens (including phenoxy) is 2. The summed E-state index contributed by atoms with van der Waals surface area (Å²) in [5.74, 6) is 0.899. The average molecular weight is 597 g/mol. The summed E-state index contributed by atoms with van der Waals surface area (Å²) >= 11 is 0. The maximum atomic E-state index is 14.8. The lowest BCUT2D eigenvalue weighted by atomic mass is 10.0. The van der Waals surface area contributed by atoms with Crippen molar-refractivity contribution in [1.29, 1.82) is 10.5 Å². The summed E-state index contributed by atoms with van der Waals surface area (Å²) in [6, 6.07) is 19.5. The molecule has 12 heteroatoms. The van der Waals surface area contributed by atoms with Crippen LogP contribution in [0.1, 0.15) is 18.4 Å². The van der Waals surface area contributed by atoms with Crippen LogP contribution >= 0.6 is 0 Å². The van der Waals surface area contributed by atoms with Crippen LogP contribution in [0.4, 0.5) is 21.6 Å². The van der Waals surface area contributed by atoms with E-state index in [2.05, 4.69) is 43.3 Å². The van der Waals surface area contributed by atoms with E-state index in [-0.39, 0.29) is 37.2 Å². The van der Waals surface area contributed by atoms with Crippen molar-refractivity contribution < 1.29 is 18.7 Å². The van der Waals surface area contributed by atoms with Crippen molar-refractivity contribution in [3.05, 3.63) is 60.3 Å². The molecule has 3 aliphatic heterocycles. The van der Waals surface area contributed by atoms with Crippen LogP contribution < -0.4 is 15.0 Å². The molecule has 0 unspecified atom stereocenters. The van der Waals surface area contributed by atoms with Crippen molar-refractivity contribution in [2.24, 2.45) is 0 Å². The van der Waals surface area contributed by atoms with Crippen LogP contribution in [0.2, 0.25) is 0 Å². The number of alkyl halides is 1. The van der Waals surface area contributed by atoms with Crippen molar-refractivity contribution in [2.75, 3.05) is 62.7 Å². The highest BCUT2D eigenvalue weighted by Gasteiger charge is 2.33. The molecule has 3 aliphatic rings. The lowest BCUT2D eigenvalue weighted by Crippen LogP contribution is -2.56. The Hall–Kier alpha value is -4.78. The normalized spacial score (nSPS) is 20.7. The number of amides is 1. The summed E-state index contributed by atoms with van der Waals surface area (Å²) < 4.78 is 26.1. The molecule has 0 saturated carbocycles. The third-order valence-electron chi connectivity index (χ3n) is 8.31. The van der Waals surface area contributed by atoms with E-state index in [9.17, 15) is 14.4 Å². The summed E-state index contributed by atoms with van der Waals surface area (Å²) in [6.45, 7) is 5.91. The van der Waals surface area contributed by atoms with Crippen molar-refractivity contribution in [2.45, 2.75) is 31.2 Å². The average Bonchev–Trinajstić information content (AvgIpc) is 3.02. The van der Waals surface area contributed by atoms with Gasteiger partial charge in [0.05, 0.1) is 37.4 Å². The zero-order valence-corrected chi connectivity index (χ0v) is 24.2. The van der Waals surface area contributed by atoms with E-state index >= 15 is 0 Å². The Morgan fingerprint density at radius 2 is 1.86 bits per heavy atom. The number of carbonyl (C=O) groups is 1. The monoisotopic (exact) mass is 596 g/mol. The van der Waals surface area contributed by atoms with Crippen molar-refractivity contribution in [1.82, 2.24) is 19.8 Å². The van der Waals surface area contributed by atoms with Crippen molar-refractivity contribution in [3.8, 4) is 29.3 Å². The largest absolute Gasteiger partial charge is 0.486 e. The number of nitrogens with zero attached hydrogens (tertiary/aromatic N) is 7. The van der Waals surface area contributed by atoms with Crippen LogP contribution in [0.15, 0.2) is 54.7 Å². The van der Waals surface area contributed by atoms with Gasteiger partial charge in [0.15, 0.2) is 12.0 Å². The Bertz CT molecular complexity index is 1560. The molecule has 3 fully saturated rings. The van der Waals surface area contributed by atoms with E-state index in [0.29, 0.717) is 23.2 Å². The molecule has 44 heavy (non-hydrogen) atoms. The molecule has 0 spiro atoms. The molecular weight excluding hydrogens is 563 g/mol. The van der Waals surface area contributed by atoms with E-state index < -0.39 is 18.2 Å². The van der Waals surface area contributed by atoms with Gasteiger partial charge in [0.25, 0.3) is 0 Å². The minimum absolute atomic E-state index is 0.144. The van der Waals surface area contributed by atoms with E-state index in [1.54, 1.807) is 36.5 Å². The van der Waals surface area contributed by atoms with Crippen LogP contribution in [0.25, 0.3) is 11.4 Å². The van der Waals surface area contributed by atoms with Gasteiger partial charge in [0.1, 0.15) is 30.2 Å². The fraction of sp³-hybridized carbons (Fsp3) is 0.406. The highest BCUT2D eigenvalue weighted by molar-refractivity contribution is 5.78. The second-order valence-corrected chi connectivity index (χ2v) is 11.1. The number of hydrogen-bond acceptors (Lipinski definition) is 10. The summed E-state index contributed by atoms with van der Waals surface area (Å²) in [6.07, 6.45) is -0.609. The number of anilines is 3. The number of piperidine rings is 1. The number of likely N-dealkylation sites (tertiary alicyclic amines) is 1. The predicted octanol–water partition coefficient (Wildman–Crippen LogP) is 3.51. The topological polar surface area (TPSA) is 131 Å². The predicted molar refractivity (Wildman–Crippen MR) is 161 cm³/mol. The zero-order chi connectivity index (χ0) is 30.5. The van der Waals surface area contributed by atoms with E-state index in [0.717, 1.165) is 45.1 Å². The molecule has 3 aromatic rings. The summed E-state index contributed by atoms with van der Waals surface area (Å²) in [4.78, 5) is 27.2. The Labute approximate surface area is 255 Å². The van der Waals surface area contributed by atoms with E-state index in [4.69, 9.17) is 14.7 Å². The SMILES string of the molecule is N#CCC(=O)N1CC[C@H](Oc2ccc(-c3nccc(Nc4ccc(N5CCN(C6COC6)CC5)cc4)n3)cc2C#N)[C@H](F)C1. The molecule has 1 aromatic heterocycles. The third kappa shape index (κ3) is 6.57. The number of piperazine rings is 1. The van der Waals surface area contributed by atoms with Crippen LogP contribution in [0.5, 0.6) is 5.75 Å². The molecular formula is C32H33FN8O3. The minimum Gasteiger partial charge on any atom is -0.486 e. The molecule has 0 radical (unpaired) electrons. The van der Waals surface area contributed by atoms with Crippen LogP contribution in [0.3, 0.4) is 0 Å². The van der Waals surface area contributed by atoms with Gasteiger partial charge in [-0.15, -0.1) is 0 Å². The minimum atomic E-state index is -1.43. The van der Waals surface area contributed by atoms with Crippen molar-refractivity contribution in [3.63, 3.8) is 0 Å². The number of benzene rings is 2. The number of nitrogens with one attached hydrogen (secondary N) is 1. The number of rotatable bonds is 8. The van der Waals surface area contributed by atoms with Crippen molar-refractivity contribution >= 4 is 23.1 Å². The van der Waals surface area contributed by atoms with Gasteiger partial charge in [0, 0.05) is 62.3 Å². The maximum Gasteiger partial charge on any atom is 0.236 e. The van der Waals surface area contributed by atoms with Gasteiger partial charge >= 0.3 is 0 Å². The fourth-order valence-corrected chi connectivity index (χ4v) is 5.69.